The summed E-state index contributed by atoms with van der Waals surface area (Å²) < 4.78 is 0. The molecule has 1 aromatic carbocycles. The van der Waals surface area contributed by atoms with Gasteiger partial charge in [-0.05, 0) is 49.9 Å². The van der Waals surface area contributed by atoms with Crippen LogP contribution < -0.4 is 0 Å². The van der Waals surface area contributed by atoms with Gasteiger partial charge in [0, 0.05) is 5.56 Å². The number of Topliss-reactive ketones (excluding diaryl/α,β-unsaturated/α-hetero) is 1. The van der Waals surface area contributed by atoms with E-state index >= 15 is 0 Å². The topological polar surface area (TPSA) is 44.1 Å². The zero-order valence-corrected chi connectivity index (χ0v) is 12.3. The Morgan fingerprint density at radius 2 is 1.90 bits per heavy atom. The van der Waals surface area contributed by atoms with Crippen molar-refractivity contribution < 1.29 is 4.79 Å². The van der Waals surface area contributed by atoms with Crippen molar-refractivity contribution in [2.24, 2.45) is 11.8 Å². The van der Waals surface area contributed by atoms with Crippen LogP contribution in [-0.4, -0.2) is 30.3 Å². The summed E-state index contributed by atoms with van der Waals surface area (Å²) in [4.78, 5) is 14.5. The predicted molar refractivity (Wildman–Crippen MR) is 79.5 cm³/mol. The number of benzene rings is 1. The fourth-order valence-electron chi connectivity index (χ4n) is 2.80. The first kappa shape index (κ1) is 14.7. The summed E-state index contributed by atoms with van der Waals surface area (Å²) in [5, 5.41) is 8.75. The molecule has 0 radical (unpaired) electrons. The molecule has 3 heteroatoms. The molecule has 0 aliphatic carbocycles. The van der Waals surface area contributed by atoms with E-state index in [1.807, 2.05) is 0 Å². The van der Waals surface area contributed by atoms with E-state index in [2.05, 4.69) is 24.8 Å². The second-order valence-electron chi connectivity index (χ2n) is 5.97. The number of nitrogens with zero attached hydrogens (tertiary/aromatic N) is 2. The maximum atomic E-state index is 12.2. The maximum absolute atomic E-state index is 12.2. The Morgan fingerprint density at radius 3 is 2.40 bits per heavy atom. The van der Waals surface area contributed by atoms with Gasteiger partial charge in [0.15, 0.2) is 5.78 Å². The minimum absolute atomic E-state index is 0.150. The normalized spacial score (nSPS) is 17.1. The third-order valence-electron chi connectivity index (χ3n) is 4.28. The zero-order chi connectivity index (χ0) is 14.5. The SMILES string of the molecule is CC(C)C1CCN(CC(=O)c2ccc(C#N)cc2)CC1. The summed E-state index contributed by atoms with van der Waals surface area (Å²) >= 11 is 0. The van der Waals surface area contributed by atoms with Crippen molar-refractivity contribution in [2.45, 2.75) is 26.7 Å². The quantitative estimate of drug-likeness (QED) is 0.790. The predicted octanol–water partition coefficient (Wildman–Crippen LogP) is 3.11. The molecule has 1 aromatic rings. The summed E-state index contributed by atoms with van der Waals surface area (Å²) in [6, 6.07) is 8.98. The Kier molecular flexibility index (Phi) is 4.92. The summed E-state index contributed by atoms with van der Waals surface area (Å²) in [5.41, 5.74) is 1.30. The lowest BCUT2D eigenvalue weighted by atomic mass is 9.86. The first-order valence-electron chi connectivity index (χ1n) is 7.36. The molecule has 2 rings (SSSR count). The van der Waals surface area contributed by atoms with Crippen molar-refractivity contribution in [1.82, 2.24) is 4.90 Å². The number of nitriles is 1. The fourth-order valence-corrected chi connectivity index (χ4v) is 2.80. The number of rotatable bonds is 4. The molecule has 1 aliphatic rings. The van der Waals surface area contributed by atoms with Crippen LogP contribution in [0.4, 0.5) is 0 Å². The van der Waals surface area contributed by atoms with Crippen LogP contribution in [0.25, 0.3) is 0 Å². The van der Waals surface area contributed by atoms with Crippen molar-refractivity contribution in [2.75, 3.05) is 19.6 Å². The van der Waals surface area contributed by atoms with Crippen molar-refractivity contribution in [3.63, 3.8) is 0 Å². The van der Waals surface area contributed by atoms with Crippen molar-refractivity contribution >= 4 is 5.78 Å². The lowest BCUT2D eigenvalue weighted by Gasteiger charge is -2.33. The standard InChI is InChI=1S/C17H22N2O/c1-13(2)15-7-9-19(10-8-15)12-17(20)16-5-3-14(11-18)4-6-16/h3-6,13,15H,7-10,12H2,1-2H3. The second kappa shape index (κ2) is 6.67. The highest BCUT2D eigenvalue weighted by molar-refractivity contribution is 5.97. The van der Waals surface area contributed by atoms with Gasteiger partial charge in [0.1, 0.15) is 0 Å². The van der Waals surface area contributed by atoms with Crippen LogP contribution in [-0.2, 0) is 0 Å². The average molecular weight is 270 g/mol. The summed E-state index contributed by atoms with van der Waals surface area (Å²) in [6.45, 7) is 7.09. The summed E-state index contributed by atoms with van der Waals surface area (Å²) in [7, 11) is 0. The zero-order valence-electron chi connectivity index (χ0n) is 12.3. The van der Waals surface area contributed by atoms with Gasteiger partial charge >= 0.3 is 0 Å². The Morgan fingerprint density at radius 1 is 1.30 bits per heavy atom. The molecule has 0 spiro atoms. The number of piperidine rings is 1. The van der Waals surface area contributed by atoms with Crippen LogP contribution in [0.3, 0.4) is 0 Å². The molecule has 0 amide bonds. The summed E-state index contributed by atoms with van der Waals surface area (Å²) in [6.07, 6.45) is 2.39. The van der Waals surface area contributed by atoms with Gasteiger partial charge in [-0.1, -0.05) is 26.0 Å². The molecular weight excluding hydrogens is 248 g/mol. The van der Waals surface area contributed by atoms with Gasteiger partial charge in [-0.2, -0.15) is 5.26 Å². The Bertz CT molecular complexity index is 491. The molecule has 20 heavy (non-hydrogen) atoms. The number of hydrogen-bond donors (Lipinski definition) is 0. The van der Waals surface area contributed by atoms with Crippen LogP contribution in [0.2, 0.25) is 0 Å². The molecule has 0 unspecified atom stereocenters. The summed E-state index contributed by atoms with van der Waals surface area (Å²) in [5.74, 6) is 1.69. The van der Waals surface area contributed by atoms with E-state index in [1.54, 1.807) is 24.3 Å². The van der Waals surface area contributed by atoms with E-state index in [9.17, 15) is 4.79 Å². The highest BCUT2D eigenvalue weighted by Crippen LogP contribution is 2.24. The van der Waals surface area contributed by atoms with E-state index in [1.165, 1.54) is 12.8 Å². The van der Waals surface area contributed by atoms with E-state index in [0.29, 0.717) is 17.7 Å². The molecule has 3 nitrogen and oxygen atoms in total. The van der Waals surface area contributed by atoms with E-state index in [4.69, 9.17) is 5.26 Å². The van der Waals surface area contributed by atoms with Gasteiger partial charge < -0.3 is 0 Å². The minimum atomic E-state index is 0.150. The van der Waals surface area contributed by atoms with Crippen LogP contribution in [0, 0.1) is 23.2 Å². The molecule has 1 fully saturated rings. The second-order valence-corrected chi connectivity index (χ2v) is 5.97. The van der Waals surface area contributed by atoms with Gasteiger partial charge in [-0.25, -0.2) is 0 Å². The third kappa shape index (κ3) is 3.68. The van der Waals surface area contributed by atoms with Gasteiger partial charge in [0.2, 0.25) is 0 Å². The van der Waals surface area contributed by atoms with Crippen LogP contribution >= 0.6 is 0 Å². The molecule has 106 valence electrons. The Balaban J connectivity index is 1.87. The largest absolute Gasteiger partial charge is 0.296 e. The van der Waals surface area contributed by atoms with Crippen molar-refractivity contribution in [1.29, 1.82) is 5.26 Å². The lowest BCUT2D eigenvalue weighted by Crippen LogP contribution is -2.38. The molecule has 0 atom stereocenters. The molecule has 1 saturated heterocycles. The number of likely N-dealkylation sites (tertiary alicyclic amines) is 1. The first-order chi connectivity index (χ1) is 9.60. The van der Waals surface area contributed by atoms with Crippen molar-refractivity contribution in [3.05, 3.63) is 35.4 Å². The lowest BCUT2D eigenvalue weighted by molar-refractivity contribution is 0.0880. The number of hydrogen-bond acceptors (Lipinski definition) is 3. The van der Waals surface area contributed by atoms with Crippen LogP contribution in [0.1, 0.15) is 42.6 Å². The molecule has 0 saturated carbocycles. The molecule has 0 N–H and O–H groups in total. The van der Waals surface area contributed by atoms with Crippen molar-refractivity contribution in [3.8, 4) is 6.07 Å². The Labute approximate surface area is 121 Å². The number of ketones is 1. The highest BCUT2D eigenvalue weighted by atomic mass is 16.1. The van der Waals surface area contributed by atoms with Gasteiger partial charge in [-0.3, -0.25) is 9.69 Å². The molecule has 1 heterocycles. The van der Waals surface area contributed by atoms with Gasteiger partial charge in [-0.15, -0.1) is 0 Å². The monoisotopic (exact) mass is 270 g/mol. The van der Waals surface area contributed by atoms with Gasteiger partial charge in [0.05, 0.1) is 18.2 Å². The molecular formula is C17H22N2O. The average Bonchev–Trinajstić information content (AvgIpc) is 2.48. The highest BCUT2D eigenvalue weighted by Gasteiger charge is 2.22. The first-order valence-corrected chi connectivity index (χ1v) is 7.36. The van der Waals surface area contributed by atoms with E-state index in [-0.39, 0.29) is 5.78 Å². The number of carbonyl (C=O) groups excluding carboxylic acids is 1. The molecule has 0 bridgehead atoms. The van der Waals surface area contributed by atoms with E-state index < -0.39 is 0 Å². The fraction of sp³-hybridized carbons (Fsp3) is 0.529. The van der Waals surface area contributed by atoms with E-state index in [0.717, 1.165) is 24.9 Å². The molecule has 0 aromatic heterocycles. The van der Waals surface area contributed by atoms with Crippen LogP contribution in [0.5, 0.6) is 0 Å². The minimum Gasteiger partial charge on any atom is -0.296 e. The Hall–Kier alpha value is -1.66. The third-order valence-corrected chi connectivity index (χ3v) is 4.28. The maximum Gasteiger partial charge on any atom is 0.176 e. The smallest absolute Gasteiger partial charge is 0.176 e. The molecule has 1 aliphatic heterocycles. The van der Waals surface area contributed by atoms with Gasteiger partial charge in [0.25, 0.3) is 0 Å². The van der Waals surface area contributed by atoms with Crippen LogP contribution in [0.15, 0.2) is 24.3 Å². The number of carbonyl (C=O) groups is 1.